The molecule has 8 heteroatoms. The van der Waals surface area contributed by atoms with Crippen LogP contribution in [0.4, 0.5) is 5.69 Å². The normalized spacial score (nSPS) is 11.2. The van der Waals surface area contributed by atoms with Crippen molar-refractivity contribution in [1.82, 2.24) is 14.5 Å². The van der Waals surface area contributed by atoms with Crippen molar-refractivity contribution in [2.45, 2.75) is 13.5 Å². The summed E-state index contributed by atoms with van der Waals surface area (Å²) in [5, 5.41) is 3.65. The van der Waals surface area contributed by atoms with Gasteiger partial charge in [0, 0.05) is 21.7 Å². The first-order chi connectivity index (χ1) is 12.5. The number of aryl methyl sites for hydroxylation is 1. The third-order valence-corrected chi connectivity index (χ3v) is 5.59. The van der Waals surface area contributed by atoms with E-state index in [1.54, 1.807) is 25.3 Å². The molecule has 0 fully saturated rings. The molecular formula is C18H13BrN4O2S. The standard InChI is InChI=1S/C18H13BrN4O2S/c1-10-21-15-13-3-2-8-20-17(13)26-16(15)18(25)23(10)9-14(24)22-12-6-4-11(19)5-7-12/h2-8H,9H2,1H3,(H,22,24). The van der Waals surface area contributed by atoms with Gasteiger partial charge in [-0.3, -0.25) is 14.2 Å². The van der Waals surface area contributed by atoms with Crippen LogP contribution in [-0.2, 0) is 11.3 Å². The molecule has 4 rings (SSSR count). The fourth-order valence-corrected chi connectivity index (χ4v) is 4.03. The third kappa shape index (κ3) is 3.02. The molecule has 0 atom stereocenters. The number of anilines is 1. The fourth-order valence-electron chi connectivity index (χ4n) is 2.73. The Balaban J connectivity index is 1.70. The lowest BCUT2D eigenvalue weighted by atomic mass is 10.3. The molecule has 130 valence electrons. The number of thiophene rings is 1. The van der Waals surface area contributed by atoms with Gasteiger partial charge in [-0.05, 0) is 43.3 Å². The highest BCUT2D eigenvalue weighted by Gasteiger charge is 2.16. The summed E-state index contributed by atoms with van der Waals surface area (Å²) in [6, 6.07) is 11.0. The minimum atomic E-state index is -0.280. The second kappa shape index (κ2) is 6.62. The minimum Gasteiger partial charge on any atom is -0.325 e. The molecule has 6 nitrogen and oxygen atoms in total. The van der Waals surface area contributed by atoms with E-state index in [0.717, 1.165) is 14.7 Å². The number of nitrogens with zero attached hydrogens (tertiary/aromatic N) is 3. The number of rotatable bonds is 3. The van der Waals surface area contributed by atoms with E-state index in [0.29, 0.717) is 21.7 Å². The summed E-state index contributed by atoms with van der Waals surface area (Å²) in [6.07, 6.45) is 1.69. The van der Waals surface area contributed by atoms with Gasteiger partial charge in [-0.15, -0.1) is 11.3 Å². The molecule has 0 saturated carbocycles. The Labute approximate surface area is 160 Å². The van der Waals surface area contributed by atoms with Gasteiger partial charge in [0.2, 0.25) is 5.91 Å². The van der Waals surface area contributed by atoms with Gasteiger partial charge in [0.1, 0.15) is 21.9 Å². The van der Waals surface area contributed by atoms with E-state index in [9.17, 15) is 9.59 Å². The van der Waals surface area contributed by atoms with Crippen molar-refractivity contribution in [2.24, 2.45) is 0 Å². The van der Waals surface area contributed by atoms with Gasteiger partial charge in [-0.1, -0.05) is 15.9 Å². The van der Waals surface area contributed by atoms with E-state index in [1.807, 2.05) is 24.3 Å². The molecule has 0 aliphatic rings. The summed E-state index contributed by atoms with van der Waals surface area (Å²) < 4.78 is 2.84. The van der Waals surface area contributed by atoms with E-state index in [-0.39, 0.29) is 18.0 Å². The Morgan fingerprint density at radius 1 is 1.27 bits per heavy atom. The van der Waals surface area contributed by atoms with Crippen molar-refractivity contribution in [3.8, 4) is 0 Å². The first-order valence-corrected chi connectivity index (χ1v) is 9.44. The molecular weight excluding hydrogens is 416 g/mol. The molecule has 0 aliphatic heterocycles. The lowest BCUT2D eigenvalue weighted by molar-refractivity contribution is -0.116. The maximum absolute atomic E-state index is 12.9. The van der Waals surface area contributed by atoms with Crippen LogP contribution in [0.25, 0.3) is 20.4 Å². The molecule has 0 saturated heterocycles. The SMILES string of the molecule is Cc1nc2c(sc3ncccc32)c(=O)n1CC(=O)Nc1ccc(Br)cc1. The molecule has 1 amide bonds. The maximum atomic E-state index is 12.9. The van der Waals surface area contributed by atoms with E-state index < -0.39 is 0 Å². The summed E-state index contributed by atoms with van der Waals surface area (Å²) in [5.74, 6) is 0.218. The number of amides is 1. The van der Waals surface area contributed by atoms with Crippen LogP contribution >= 0.6 is 27.3 Å². The topological polar surface area (TPSA) is 76.9 Å². The molecule has 3 aromatic heterocycles. The average molecular weight is 429 g/mol. The lowest BCUT2D eigenvalue weighted by Gasteiger charge is -2.10. The summed E-state index contributed by atoms with van der Waals surface area (Å²) >= 11 is 4.65. The van der Waals surface area contributed by atoms with Crippen molar-refractivity contribution >= 4 is 59.3 Å². The summed E-state index contributed by atoms with van der Waals surface area (Å²) in [7, 11) is 0. The van der Waals surface area contributed by atoms with Crippen molar-refractivity contribution in [3.63, 3.8) is 0 Å². The molecule has 0 aliphatic carbocycles. The second-order valence-corrected chi connectivity index (χ2v) is 7.66. The highest BCUT2D eigenvalue weighted by Crippen LogP contribution is 2.28. The van der Waals surface area contributed by atoms with Crippen LogP contribution in [0, 0.1) is 6.92 Å². The fraction of sp³-hybridized carbons (Fsp3) is 0.111. The molecule has 26 heavy (non-hydrogen) atoms. The third-order valence-electron chi connectivity index (χ3n) is 3.97. The Hall–Kier alpha value is -2.58. The Morgan fingerprint density at radius 3 is 2.81 bits per heavy atom. The van der Waals surface area contributed by atoms with Gasteiger partial charge in [-0.25, -0.2) is 9.97 Å². The average Bonchev–Trinajstić information content (AvgIpc) is 2.99. The smallest absolute Gasteiger partial charge is 0.272 e. The van der Waals surface area contributed by atoms with Crippen molar-refractivity contribution in [1.29, 1.82) is 0 Å². The van der Waals surface area contributed by atoms with Crippen LogP contribution in [0.15, 0.2) is 51.9 Å². The number of fused-ring (bicyclic) bond motifs is 3. The van der Waals surface area contributed by atoms with E-state index in [1.165, 1.54) is 15.9 Å². The Kier molecular flexibility index (Phi) is 4.29. The molecule has 0 spiro atoms. The zero-order valence-electron chi connectivity index (χ0n) is 13.7. The molecule has 0 unspecified atom stereocenters. The van der Waals surface area contributed by atoms with Gasteiger partial charge in [0.05, 0.1) is 5.52 Å². The highest BCUT2D eigenvalue weighted by molar-refractivity contribution is 9.10. The number of carbonyl (C=O) groups excluding carboxylic acids is 1. The van der Waals surface area contributed by atoms with Gasteiger partial charge in [0.15, 0.2) is 0 Å². The van der Waals surface area contributed by atoms with E-state index in [4.69, 9.17) is 0 Å². The van der Waals surface area contributed by atoms with E-state index in [2.05, 4.69) is 31.2 Å². The van der Waals surface area contributed by atoms with Gasteiger partial charge in [0.25, 0.3) is 5.56 Å². The number of pyridine rings is 1. The Morgan fingerprint density at radius 2 is 2.04 bits per heavy atom. The molecule has 0 radical (unpaired) electrons. The minimum absolute atomic E-state index is 0.0919. The molecule has 0 bridgehead atoms. The number of benzene rings is 1. The first kappa shape index (κ1) is 16.9. The number of aromatic nitrogens is 3. The van der Waals surface area contributed by atoms with Gasteiger partial charge in [-0.2, -0.15) is 0 Å². The van der Waals surface area contributed by atoms with Gasteiger partial charge < -0.3 is 5.32 Å². The molecule has 3 heterocycles. The zero-order valence-corrected chi connectivity index (χ0v) is 16.1. The van der Waals surface area contributed by atoms with Crippen molar-refractivity contribution in [2.75, 3.05) is 5.32 Å². The summed E-state index contributed by atoms with van der Waals surface area (Å²) in [5.41, 5.74) is 1.09. The number of carbonyl (C=O) groups is 1. The maximum Gasteiger partial charge on any atom is 0.272 e. The van der Waals surface area contributed by atoms with Crippen LogP contribution in [0.3, 0.4) is 0 Å². The number of halogens is 1. The quantitative estimate of drug-likeness (QED) is 0.539. The Bertz CT molecular complexity index is 1200. The second-order valence-electron chi connectivity index (χ2n) is 5.74. The van der Waals surface area contributed by atoms with Crippen LogP contribution < -0.4 is 10.9 Å². The summed E-state index contributed by atoms with van der Waals surface area (Å²) in [4.78, 5) is 34.8. The lowest BCUT2D eigenvalue weighted by Crippen LogP contribution is -2.29. The highest BCUT2D eigenvalue weighted by atomic mass is 79.9. The number of hydrogen-bond donors (Lipinski definition) is 1. The number of nitrogens with one attached hydrogen (secondary N) is 1. The van der Waals surface area contributed by atoms with Crippen LogP contribution in [0.5, 0.6) is 0 Å². The molecule has 1 N–H and O–H groups in total. The molecule has 4 aromatic rings. The monoisotopic (exact) mass is 428 g/mol. The largest absolute Gasteiger partial charge is 0.325 e. The van der Waals surface area contributed by atoms with Crippen LogP contribution in [0.2, 0.25) is 0 Å². The molecule has 1 aromatic carbocycles. The zero-order chi connectivity index (χ0) is 18.3. The van der Waals surface area contributed by atoms with Crippen molar-refractivity contribution in [3.05, 3.63) is 63.2 Å². The number of hydrogen-bond acceptors (Lipinski definition) is 5. The van der Waals surface area contributed by atoms with Crippen LogP contribution in [0.1, 0.15) is 5.82 Å². The van der Waals surface area contributed by atoms with Crippen LogP contribution in [-0.4, -0.2) is 20.4 Å². The first-order valence-electron chi connectivity index (χ1n) is 7.83. The predicted molar refractivity (Wildman–Crippen MR) is 107 cm³/mol. The predicted octanol–water partition coefficient (Wildman–Crippen LogP) is 3.72. The van der Waals surface area contributed by atoms with Crippen molar-refractivity contribution < 1.29 is 4.79 Å². The summed E-state index contributed by atoms with van der Waals surface area (Å²) in [6.45, 7) is 1.64. The van der Waals surface area contributed by atoms with E-state index >= 15 is 0 Å². The van der Waals surface area contributed by atoms with Gasteiger partial charge >= 0.3 is 0 Å².